The summed E-state index contributed by atoms with van der Waals surface area (Å²) in [5.41, 5.74) is 1.91. The van der Waals surface area contributed by atoms with Gasteiger partial charge in [-0.05, 0) is 29.8 Å². The zero-order valence-electron chi connectivity index (χ0n) is 9.48. The Kier molecular flexibility index (Phi) is 3.55. The molecule has 3 nitrogen and oxygen atoms in total. The van der Waals surface area contributed by atoms with E-state index in [0.717, 1.165) is 17.0 Å². The molecule has 17 heavy (non-hydrogen) atoms. The molecule has 2 aromatic rings. The second-order valence-electron chi connectivity index (χ2n) is 3.57. The minimum Gasteiger partial charge on any atom is -0.497 e. The van der Waals surface area contributed by atoms with Crippen molar-refractivity contribution < 1.29 is 9.13 Å². The summed E-state index contributed by atoms with van der Waals surface area (Å²) in [7, 11) is 1.64. The van der Waals surface area contributed by atoms with Gasteiger partial charge < -0.3 is 10.1 Å². The Hall–Kier alpha value is -2.10. The molecule has 1 heterocycles. The van der Waals surface area contributed by atoms with Crippen LogP contribution in [0.3, 0.4) is 0 Å². The molecule has 0 spiro atoms. The summed E-state index contributed by atoms with van der Waals surface area (Å²) in [6.45, 7) is 0.664. The Morgan fingerprint density at radius 2 is 1.94 bits per heavy atom. The fraction of sp³-hybridized carbons (Fsp3) is 0.154. The second-order valence-corrected chi connectivity index (χ2v) is 3.57. The molecule has 0 amide bonds. The van der Waals surface area contributed by atoms with Gasteiger partial charge in [-0.1, -0.05) is 12.1 Å². The quantitative estimate of drug-likeness (QED) is 0.823. The van der Waals surface area contributed by atoms with Crippen molar-refractivity contribution in [3.63, 3.8) is 0 Å². The summed E-state index contributed by atoms with van der Waals surface area (Å²) in [6.07, 6.45) is 1.47. The Labute approximate surface area is 99.3 Å². The number of anilines is 1. The summed E-state index contributed by atoms with van der Waals surface area (Å²) in [4.78, 5) is 3.57. The van der Waals surface area contributed by atoms with Gasteiger partial charge >= 0.3 is 0 Å². The third-order valence-corrected chi connectivity index (χ3v) is 2.38. The monoisotopic (exact) mass is 232 g/mol. The van der Waals surface area contributed by atoms with Crippen molar-refractivity contribution in [2.45, 2.75) is 6.54 Å². The molecule has 0 fully saturated rings. The molecule has 4 heteroatoms. The summed E-state index contributed by atoms with van der Waals surface area (Å²) >= 11 is 0. The van der Waals surface area contributed by atoms with Gasteiger partial charge in [-0.3, -0.25) is 0 Å². The van der Waals surface area contributed by atoms with Crippen molar-refractivity contribution in [1.29, 1.82) is 0 Å². The van der Waals surface area contributed by atoms with Crippen LogP contribution >= 0.6 is 0 Å². The molecule has 0 saturated heterocycles. The number of pyridine rings is 1. The van der Waals surface area contributed by atoms with Crippen LogP contribution < -0.4 is 10.1 Å². The first-order valence-corrected chi connectivity index (χ1v) is 5.26. The third-order valence-electron chi connectivity index (χ3n) is 2.38. The van der Waals surface area contributed by atoms with Gasteiger partial charge in [0, 0.05) is 6.54 Å². The second kappa shape index (κ2) is 5.30. The highest BCUT2D eigenvalue weighted by atomic mass is 19.1. The van der Waals surface area contributed by atoms with Gasteiger partial charge in [0.2, 0.25) is 5.95 Å². The molecule has 0 unspecified atom stereocenters. The average Bonchev–Trinajstić information content (AvgIpc) is 2.39. The minimum atomic E-state index is -0.472. The number of methoxy groups -OCH3 is 1. The first-order valence-electron chi connectivity index (χ1n) is 5.26. The van der Waals surface area contributed by atoms with E-state index in [2.05, 4.69) is 10.3 Å². The topological polar surface area (TPSA) is 34.1 Å². The molecule has 1 aromatic carbocycles. The lowest BCUT2D eigenvalue weighted by Gasteiger charge is -2.06. The van der Waals surface area contributed by atoms with Crippen LogP contribution in [0.5, 0.6) is 5.75 Å². The fourth-order valence-electron chi connectivity index (χ4n) is 1.43. The smallest absolute Gasteiger partial charge is 0.212 e. The number of nitrogens with one attached hydrogen (secondary N) is 1. The van der Waals surface area contributed by atoms with E-state index in [4.69, 9.17) is 4.74 Å². The largest absolute Gasteiger partial charge is 0.497 e. The first-order chi connectivity index (χ1) is 8.28. The molecule has 0 radical (unpaired) electrons. The molecular formula is C13H13FN2O. The first kappa shape index (κ1) is 11.4. The van der Waals surface area contributed by atoms with Crippen LogP contribution in [0.2, 0.25) is 0 Å². The lowest BCUT2D eigenvalue weighted by atomic mass is 10.2. The van der Waals surface area contributed by atoms with Crippen LogP contribution in [0.25, 0.3) is 0 Å². The molecule has 1 aromatic heterocycles. The van der Waals surface area contributed by atoms with Gasteiger partial charge in [-0.2, -0.15) is 4.39 Å². The van der Waals surface area contributed by atoms with Crippen molar-refractivity contribution in [3.8, 4) is 5.75 Å². The molecule has 1 N–H and O–H groups in total. The lowest BCUT2D eigenvalue weighted by molar-refractivity contribution is 0.414. The Morgan fingerprint density at radius 1 is 1.18 bits per heavy atom. The maximum absolute atomic E-state index is 12.6. The maximum Gasteiger partial charge on any atom is 0.212 e. The molecule has 0 aliphatic carbocycles. The lowest BCUT2D eigenvalue weighted by Crippen LogP contribution is -2.00. The maximum atomic E-state index is 12.6. The number of aromatic nitrogens is 1. The number of halogens is 1. The standard InChI is InChI=1S/C13H13FN2O/c1-17-12-5-2-10(3-6-12)8-15-11-4-7-13(14)16-9-11/h2-7,9,15H,8H2,1H3. The molecule has 0 atom stereocenters. The normalized spacial score (nSPS) is 10.0. The van der Waals surface area contributed by atoms with Crippen molar-refractivity contribution in [2.24, 2.45) is 0 Å². The van der Waals surface area contributed by atoms with Crippen LogP contribution in [-0.2, 0) is 6.54 Å². The Morgan fingerprint density at radius 3 is 2.53 bits per heavy atom. The Bertz CT molecular complexity index is 468. The van der Waals surface area contributed by atoms with E-state index in [-0.39, 0.29) is 0 Å². The Balaban J connectivity index is 1.95. The van der Waals surface area contributed by atoms with Gasteiger partial charge in [0.05, 0.1) is 19.0 Å². The highest BCUT2D eigenvalue weighted by Crippen LogP contribution is 2.13. The van der Waals surface area contributed by atoms with Crippen LogP contribution in [-0.4, -0.2) is 12.1 Å². The van der Waals surface area contributed by atoms with Gasteiger partial charge in [-0.25, -0.2) is 4.98 Å². The van der Waals surface area contributed by atoms with Gasteiger partial charge in [0.15, 0.2) is 0 Å². The SMILES string of the molecule is COc1ccc(CNc2ccc(F)nc2)cc1. The fourth-order valence-corrected chi connectivity index (χ4v) is 1.43. The number of ether oxygens (including phenoxy) is 1. The van der Waals surface area contributed by atoms with Crippen molar-refractivity contribution >= 4 is 5.69 Å². The average molecular weight is 232 g/mol. The van der Waals surface area contributed by atoms with Gasteiger partial charge in [0.25, 0.3) is 0 Å². The van der Waals surface area contributed by atoms with Crippen molar-refractivity contribution in [2.75, 3.05) is 12.4 Å². The third kappa shape index (κ3) is 3.17. The molecule has 0 saturated carbocycles. The van der Waals surface area contributed by atoms with E-state index >= 15 is 0 Å². The molecule has 0 aliphatic rings. The summed E-state index contributed by atoms with van der Waals surface area (Å²) < 4.78 is 17.7. The van der Waals surface area contributed by atoms with E-state index in [9.17, 15) is 4.39 Å². The van der Waals surface area contributed by atoms with Crippen LogP contribution in [0, 0.1) is 5.95 Å². The minimum absolute atomic E-state index is 0.472. The number of benzene rings is 1. The number of hydrogen-bond acceptors (Lipinski definition) is 3. The zero-order valence-corrected chi connectivity index (χ0v) is 9.48. The predicted octanol–water partition coefficient (Wildman–Crippen LogP) is 2.84. The van der Waals surface area contributed by atoms with E-state index in [1.807, 2.05) is 24.3 Å². The highest BCUT2D eigenvalue weighted by molar-refractivity contribution is 5.41. The highest BCUT2D eigenvalue weighted by Gasteiger charge is 1.96. The number of nitrogens with zero attached hydrogens (tertiary/aromatic N) is 1. The van der Waals surface area contributed by atoms with E-state index in [0.29, 0.717) is 6.54 Å². The zero-order chi connectivity index (χ0) is 12.1. The molecule has 88 valence electrons. The van der Waals surface area contributed by atoms with Gasteiger partial charge in [-0.15, -0.1) is 0 Å². The van der Waals surface area contributed by atoms with Crippen LogP contribution in [0.1, 0.15) is 5.56 Å². The predicted molar refractivity (Wildman–Crippen MR) is 64.5 cm³/mol. The molecule has 2 rings (SSSR count). The van der Waals surface area contributed by atoms with Gasteiger partial charge in [0.1, 0.15) is 5.75 Å². The molecule has 0 aliphatic heterocycles. The van der Waals surface area contributed by atoms with E-state index < -0.39 is 5.95 Å². The van der Waals surface area contributed by atoms with E-state index in [1.165, 1.54) is 12.3 Å². The number of hydrogen-bond donors (Lipinski definition) is 1. The molecular weight excluding hydrogens is 219 g/mol. The number of rotatable bonds is 4. The van der Waals surface area contributed by atoms with E-state index in [1.54, 1.807) is 13.2 Å². The summed E-state index contributed by atoms with van der Waals surface area (Å²) in [6, 6.07) is 10.7. The van der Waals surface area contributed by atoms with Crippen LogP contribution in [0.4, 0.5) is 10.1 Å². The van der Waals surface area contributed by atoms with Crippen molar-refractivity contribution in [1.82, 2.24) is 4.98 Å². The van der Waals surface area contributed by atoms with Crippen molar-refractivity contribution in [3.05, 3.63) is 54.1 Å². The summed E-state index contributed by atoms with van der Waals surface area (Å²) in [5, 5.41) is 3.16. The summed E-state index contributed by atoms with van der Waals surface area (Å²) in [5.74, 6) is 0.359. The van der Waals surface area contributed by atoms with Crippen LogP contribution in [0.15, 0.2) is 42.6 Å². The molecule has 0 bridgehead atoms.